The molecule has 1 aromatic rings. The number of carboxylic acids is 1. The highest BCUT2D eigenvalue weighted by molar-refractivity contribution is 5.72. The molecule has 5 nitrogen and oxygen atoms in total. The van der Waals surface area contributed by atoms with Gasteiger partial charge in [-0.25, -0.2) is 0 Å². The Morgan fingerprint density at radius 2 is 2.00 bits per heavy atom. The van der Waals surface area contributed by atoms with Crippen LogP contribution < -0.4 is 9.47 Å². The van der Waals surface area contributed by atoms with Gasteiger partial charge in [0.25, 0.3) is 0 Å². The van der Waals surface area contributed by atoms with E-state index in [-0.39, 0.29) is 32.3 Å². The molecule has 2 atom stereocenters. The monoisotopic (exact) mass is 331 g/mol. The van der Waals surface area contributed by atoms with Crippen LogP contribution in [0.2, 0.25) is 0 Å². The lowest BCUT2D eigenvalue weighted by atomic mass is 9.89. The largest absolute Gasteiger partial charge is 0.481 e. The summed E-state index contributed by atoms with van der Waals surface area (Å²) in [5.41, 5.74) is 0.746. The van der Waals surface area contributed by atoms with Crippen molar-refractivity contribution in [2.45, 2.75) is 18.5 Å². The lowest BCUT2D eigenvalue weighted by molar-refractivity contribution is -0.141. The molecule has 0 spiro atoms. The van der Waals surface area contributed by atoms with E-state index >= 15 is 0 Å². The number of carboxylic acid groups (broad SMARTS) is 1. The average Bonchev–Trinajstić information content (AvgIpc) is 3.10. The number of hydrogen-bond donors (Lipinski definition) is 1. The molecule has 2 heterocycles. The van der Waals surface area contributed by atoms with E-state index in [4.69, 9.17) is 9.47 Å². The van der Waals surface area contributed by atoms with Crippen LogP contribution in [0.15, 0.2) is 18.2 Å². The van der Waals surface area contributed by atoms with E-state index in [2.05, 4.69) is 0 Å². The summed E-state index contributed by atoms with van der Waals surface area (Å²) in [5.74, 6) is -0.964. The molecule has 3 rings (SSSR count). The number of nitrogens with zero attached hydrogens (tertiary/aromatic N) is 1. The molecule has 0 bridgehead atoms. The molecule has 0 radical (unpaired) electrons. The van der Waals surface area contributed by atoms with Crippen LogP contribution in [0.1, 0.15) is 17.9 Å². The normalized spacial score (nSPS) is 24.1. The number of alkyl halides is 3. The van der Waals surface area contributed by atoms with Crippen molar-refractivity contribution in [2.24, 2.45) is 5.92 Å². The molecular formula is C15H16F3NO4. The van der Waals surface area contributed by atoms with Crippen LogP contribution in [-0.4, -0.2) is 48.6 Å². The van der Waals surface area contributed by atoms with Crippen molar-refractivity contribution in [1.82, 2.24) is 4.90 Å². The molecule has 126 valence electrons. The van der Waals surface area contributed by atoms with Gasteiger partial charge in [-0.05, 0) is 17.7 Å². The van der Waals surface area contributed by atoms with Gasteiger partial charge in [0.05, 0.1) is 12.3 Å². The van der Waals surface area contributed by atoms with E-state index in [9.17, 15) is 23.1 Å². The number of ether oxygens (including phenoxy) is 2. The molecule has 1 saturated heterocycles. The lowest BCUT2D eigenvalue weighted by Crippen LogP contribution is -2.27. The number of carbonyl (C=O) groups is 1. The molecule has 0 amide bonds. The molecule has 2 aliphatic heterocycles. The fourth-order valence-electron chi connectivity index (χ4n) is 3.08. The summed E-state index contributed by atoms with van der Waals surface area (Å²) >= 11 is 0. The van der Waals surface area contributed by atoms with Crippen LogP contribution in [0.3, 0.4) is 0 Å². The van der Waals surface area contributed by atoms with Gasteiger partial charge in [0.2, 0.25) is 6.79 Å². The first-order valence-corrected chi connectivity index (χ1v) is 7.25. The molecule has 0 saturated carbocycles. The number of rotatable bonds is 4. The highest BCUT2D eigenvalue weighted by Crippen LogP contribution is 2.39. The predicted molar refractivity (Wildman–Crippen MR) is 73.5 cm³/mol. The summed E-state index contributed by atoms with van der Waals surface area (Å²) in [6.07, 6.45) is -5.18. The molecule has 1 aromatic carbocycles. The lowest BCUT2D eigenvalue weighted by Gasteiger charge is -2.17. The van der Waals surface area contributed by atoms with E-state index in [1.807, 2.05) is 0 Å². The predicted octanol–water partition coefficient (Wildman–Crippen LogP) is 2.47. The highest BCUT2D eigenvalue weighted by atomic mass is 19.4. The quantitative estimate of drug-likeness (QED) is 0.918. The minimum Gasteiger partial charge on any atom is -0.481 e. The maximum atomic E-state index is 12.4. The zero-order chi connectivity index (χ0) is 16.6. The van der Waals surface area contributed by atoms with E-state index in [0.717, 1.165) is 5.56 Å². The molecular weight excluding hydrogens is 315 g/mol. The van der Waals surface area contributed by atoms with Crippen molar-refractivity contribution >= 4 is 5.97 Å². The van der Waals surface area contributed by atoms with E-state index in [0.29, 0.717) is 11.5 Å². The molecule has 23 heavy (non-hydrogen) atoms. The molecule has 2 aliphatic rings. The minimum absolute atomic E-state index is 0.115. The zero-order valence-corrected chi connectivity index (χ0v) is 12.2. The first-order valence-electron chi connectivity index (χ1n) is 7.25. The molecule has 0 aromatic heterocycles. The van der Waals surface area contributed by atoms with Crippen LogP contribution in [0.25, 0.3) is 0 Å². The number of likely N-dealkylation sites (tertiary alicyclic amines) is 1. The molecule has 1 fully saturated rings. The Kier molecular flexibility index (Phi) is 4.09. The minimum atomic E-state index is -4.24. The molecule has 1 N–H and O–H groups in total. The van der Waals surface area contributed by atoms with Crippen LogP contribution in [0.4, 0.5) is 13.2 Å². The van der Waals surface area contributed by atoms with E-state index < -0.39 is 24.5 Å². The summed E-state index contributed by atoms with van der Waals surface area (Å²) in [4.78, 5) is 13.0. The maximum Gasteiger partial charge on any atom is 0.390 e. The Morgan fingerprint density at radius 1 is 1.26 bits per heavy atom. The van der Waals surface area contributed by atoms with Gasteiger partial charge in [-0.1, -0.05) is 6.07 Å². The zero-order valence-electron chi connectivity index (χ0n) is 12.2. The van der Waals surface area contributed by atoms with Crippen molar-refractivity contribution < 1.29 is 32.5 Å². The van der Waals surface area contributed by atoms with Crippen LogP contribution in [-0.2, 0) is 4.79 Å². The van der Waals surface area contributed by atoms with Gasteiger partial charge < -0.3 is 19.5 Å². The summed E-state index contributed by atoms with van der Waals surface area (Å²) in [6, 6.07) is 5.17. The van der Waals surface area contributed by atoms with Gasteiger partial charge >= 0.3 is 12.1 Å². The third-order valence-electron chi connectivity index (χ3n) is 4.25. The smallest absolute Gasteiger partial charge is 0.390 e. The second-order valence-electron chi connectivity index (χ2n) is 5.79. The van der Waals surface area contributed by atoms with Gasteiger partial charge in [-0.3, -0.25) is 4.79 Å². The SMILES string of the molecule is O=C(O)[C@@H]1CN(CCC(F)(F)F)C[C@H]1c1ccc2c(c1)OCO2. The highest BCUT2D eigenvalue weighted by Gasteiger charge is 2.40. The maximum absolute atomic E-state index is 12.4. The van der Waals surface area contributed by atoms with Gasteiger partial charge in [0.1, 0.15) is 0 Å². The second-order valence-corrected chi connectivity index (χ2v) is 5.79. The Morgan fingerprint density at radius 3 is 2.70 bits per heavy atom. The second kappa shape index (κ2) is 5.92. The van der Waals surface area contributed by atoms with Crippen LogP contribution >= 0.6 is 0 Å². The van der Waals surface area contributed by atoms with Crippen molar-refractivity contribution in [1.29, 1.82) is 0 Å². The fourth-order valence-corrected chi connectivity index (χ4v) is 3.08. The Balaban J connectivity index is 1.75. The van der Waals surface area contributed by atoms with E-state index in [1.54, 1.807) is 23.1 Å². The van der Waals surface area contributed by atoms with Crippen LogP contribution in [0, 0.1) is 5.92 Å². The average molecular weight is 331 g/mol. The summed E-state index contributed by atoms with van der Waals surface area (Å²) in [7, 11) is 0. The Bertz CT molecular complexity index is 605. The first-order chi connectivity index (χ1) is 10.8. The van der Waals surface area contributed by atoms with Crippen LogP contribution in [0.5, 0.6) is 11.5 Å². The summed E-state index contributed by atoms with van der Waals surface area (Å²) < 4.78 is 47.6. The standard InChI is InChI=1S/C15H16F3NO4/c16-15(17,18)3-4-19-6-10(11(7-19)14(20)21)9-1-2-12-13(5-9)23-8-22-12/h1-2,5,10-11H,3-4,6-8H2,(H,20,21)/t10-,11+/m0/s1. The number of benzene rings is 1. The van der Waals surface area contributed by atoms with Gasteiger partial charge in [-0.2, -0.15) is 13.2 Å². The van der Waals surface area contributed by atoms with Gasteiger partial charge in [0.15, 0.2) is 11.5 Å². The Hall–Kier alpha value is -1.96. The third kappa shape index (κ3) is 3.52. The number of hydrogen-bond acceptors (Lipinski definition) is 4. The van der Waals surface area contributed by atoms with Crippen molar-refractivity contribution in [3.05, 3.63) is 23.8 Å². The molecule has 0 unspecified atom stereocenters. The molecule has 8 heteroatoms. The van der Waals surface area contributed by atoms with Crippen molar-refractivity contribution in [2.75, 3.05) is 26.4 Å². The van der Waals surface area contributed by atoms with Crippen molar-refractivity contribution in [3.63, 3.8) is 0 Å². The summed E-state index contributed by atoms with van der Waals surface area (Å²) in [5, 5.41) is 9.38. The van der Waals surface area contributed by atoms with E-state index in [1.165, 1.54) is 0 Å². The third-order valence-corrected chi connectivity index (χ3v) is 4.25. The number of aliphatic carboxylic acids is 1. The number of fused-ring (bicyclic) bond motifs is 1. The summed E-state index contributed by atoms with van der Waals surface area (Å²) in [6.45, 7) is 0.328. The Labute approximate surface area is 130 Å². The molecule has 0 aliphatic carbocycles. The topological polar surface area (TPSA) is 59.0 Å². The van der Waals surface area contributed by atoms with Gasteiger partial charge in [0, 0.05) is 25.6 Å². The van der Waals surface area contributed by atoms with Gasteiger partial charge in [-0.15, -0.1) is 0 Å². The first kappa shape index (κ1) is 15.9. The fraction of sp³-hybridized carbons (Fsp3) is 0.533. The number of halogens is 3. The van der Waals surface area contributed by atoms with Crippen molar-refractivity contribution in [3.8, 4) is 11.5 Å².